The summed E-state index contributed by atoms with van der Waals surface area (Å²) in [6, 6.07) is 0. The average Bonchev–Trinajstić information content (AvgIpc) is 1.80. The van der Waals surface area contributed by atoms with Crippen LogP contribution in [0.5, 0.6) is 0 Å². The van der Waals surface area contributed by atoms with Crippen LogP contribution in [-0.4, -0.2) is 54.8 Å². The van der Waals surface area contributed by atoms with Crippen LogP contribution in [-0.2, 0) is 28.3 Å². The van der Waals surface area contributed by atoms with E-state index in [1.165, 1.54) is 0 Å². The molecule has 0 amide bonds. The molecule has 0 aromatic rings. The van der Waals surface area contributed by atoms with Gasteiger partial charge in [0.25, 0.3) is 17.9 Å². The predicted octanol–water partition coefficient (Wildman–Crippen LogP) is -0.566. The first-order valence-electron chi connectivity index (χ1n) is 3.43. The second-order valence-electron chi connectivity index (χ2n) is 2.12. The fourth-order valence-corrected chi connectivity index (χ4v) is 0.479. The number of carbonyl (C=O) groups excluding carboxylic acids is 3. The number of hydrogen-bond acceptors (Lipinski definition) is 6. The Bertz CT molecular complexity index is 198. The quantitative estimate of drug-likeness (QED) is 0.623. The predicted molar refractivity (Wildman–Crippen MR) is 55.4 cm³/mol. The first-order valence-corrected chi connectivity index (χ1v) is 3.43. The summed E-state index contributed by atoms with van der Waals surface area (Å²) in [6.07, 6.45) is 0. The first kappa shape index (κ1) is 20.2. The van der Waals surface area contributed by atoms with Crippen LogP contribution >= 0.6 is 12.4 Å². The van der Waals surface area contributed by atoms with Crippen molar-refractivity contribution in [1.29, 1.82) is 0 Å². The molecule has 0 spiro atoms. The molecule has 0 atom stereocenters. The second kappa shape index (κ2) is 10.3. The molecule has 9 heteroatoms. The maximum absolute atomic E-state index is 10.4. The summed E-state index contributed by atoms with van der Waals surface area (Å²) in [5.41, 5.74) is 0. The van der Waals surface area contributed by atoms with Crippen molar-refractivity contribution in [2.45, 2.75) is 20.8 Å². The van der Waals surface area contributed by atoms with Crippen LogP contribution in [0.15, 0.2) is 0 Å². The molecule has 0 unspecified atom stereocenters. The van der Waals surface area contributed by atoms with Crippen LogP contribution < -0.4 is 0 Å². The molecule has 0 heterocycles. The van der Waals surface area contributed by atoms with Crippen LogP contribution in [0.3, 0.4) is 0 Å². The molecule has 15 heavy (non-hydrogen) atoms. The molecular weight excluding hydrogens is 237 g/mol. The van der Waals surface area contributed by atoms with Gasteiger partial charge in [-0.05, 0) is 0 Å². The Kier molecular flexibility index (Phi) is 13.9. The summed E-state index contributed by atoms with van der Waals surface area (Å²) in [6.45, 7) is 3.29. The fourth-order valence-electron chi connectivity index (χ4n) is 0.479. The van der Waals surface area contributed by atoms with Gasteiger partial charge in [0.2, 0.25) is 0 Å². The van der Waals surface area contributed by atoms with Crippen molar-refractivity contribution in [1.82, 2.24) is 0 Å². The third-order valence-corrected chi connectivity index (χ3v) is 0.787. The Labute approximate surface area is 116 Å². The van der Waals surface area contributed by atoms with Gasteiger partial charge in [0, 0.05) is 20.8 Å². The summed E-state index contributed by atoms with van der Waals surface area (Å²) < 4.78 is 13.0. The molecule has 0 N–H and O–H groups in total. The molecule has 0 saturated heterocycles. The Morgan fingerprint density at radius 1 is 0.800 bits per heavy atom. The molecule has 0 fully saturated rings. The standard InChI is InChI=1S/C6H9BO6.ClH.Na.H/c1-4(8)11-7(12-5(2)9)13-6(3)10;;;/h1-3H3;1H;;. The molecule has 0 aromatic heterocycles. The van der Waals surface area contributed by atoms with Crippen molar-refractivity contribution in [3.8, 4) is 0 Å². The van der Waals surface area contributed by atoms with Crippen molar-refractivity contribution >= 4 is 67.2 Å². The Morgan fingerprint density at radius 2 is 1.00 bits per heavy atom. The van der Waals surface area contributed by atoms with Crippen LogP contribution in [0.25, 0.3) is 0 Å². The monoisotopic (exact) mass is 248 g/mol. The minimum absolute atomic E-state index is 0. The third-order valence-electron chi connectivity index (χ3n) is 0.787. The van der Waals surface area contributed by atoms with Gasteiger partial charge >= 0.3 is 36.9 Å². The average molecular weight is 248 g/mol. The van der Waals surface area contributed by atoms with Gasteiger partial charge in [-0.2, -0.15) is 0 Å². The number of carbonyl (C=O) groups is 3. The molecule has 6 nitrogen and oxygen atoms in total. The Morgan fingerprint density at radius 3 is 1.13 bits per heavy atom. The molecule has 0 aliphatic heterocycles. The fraction of sp³-hybridized carbons (Fsp3) is 0.500. The number of hydrogen-bond donors (Lipinski definition) is 0. The molecule has 0 aliphatic rings. The van der Waals surface area contributed by atoms with Gasteiger partial charge in [-0.3, -0.25) is 14.4 Å². The molecule has 0 saturated carbocycles. The van der Waals surface area contributed by atoms with Crippen molar-refractivity contribution in [2.75, 3.05) is 0 Å². The third kappa shape index (κ3) is 13.8. The van der Waals surface area contributed by atoms with Crippen LogP contribution in [0.1, 0.15) is 20.8 Å². The van der Waals surface area contributed by atoms with E-state index < -0.39 is 25.2 Å². The first-order chi connectivity index (χ1) is 5.91. The van der Waals surface area contributed by atoms with E-state index in [1.807, 2.05) is 0 Å². The minimum atomic E-state index is -1.59. The molecule has 0 radical (unpaired) electrons. The molecule has 0 aromatic carbocycles. The van der Waals surface area contributed by atoms with Gasteiger partial charge in [-0.1, -0.05) is 0 Å². The van der Waals surface area contributed by atoms with Crippen molar-refractivity contribution < 1.29 is 28.3 Å². The van der Waals surface area contributed by atoms with Gasteiger partial charge in [-0.15, -0.1) is 12.4 Å². The van der Waals surface area contributed by atoms with E-state index in [0.717, 1.165) is 20.8 Å². The van der Waals surface area contributed by atoms with Crippen LogP contribution in [0, 0.1) is 0 Å². The molecule has 0 bridgehead atoms. The molecule has 0 aliphatic carbocycles. The van der Waals surface area contributed by atoms with Crippen molar-refractivity contribution in [3.63, 3.8) is 0 Å². The van der Waals surface area contributed by atoms with Gasteiger partial charge in [0.15, 0.2) is 0 Å². The van der Waals surface area contributed by atoms with Gasteiger partial charge in [0.1, 0.15) is 0 Å². The SMILES string of the molecule is CC(=O)OB(OC(C)=O)OC(C)=O.Cl.[NaH]. The zero-order valence-electron chi connectivity index (χ0n) is 7.94. The second-order valence-corrected chi connectivity index (χ2v) is 2.12. The molecule has 0 rings (SSSR count). The van der Waals surface area contributed by atoms with E-state index in [2.05, 4.69) is 14.0 Å². The summed E-state index contributed by atoms with van der Waals surface area (Å²) in [7, 11) is -1.59. The van der Waals surface area contributed by atoms with Crippen LogP contribution in [0.2, 0.25) is 0 Å². The van der Waals surface area contributed by atoms with E-state index in [0.29, 0.717) is 0 Å². The zero-order valence-corrected chi connectivity index (χ0v) is 8.75. The maximum atomic E-state index is 10.4. The summed E-state index contributed by atoms with van der Waals surface area (Å²) in [5, 5.41) is 0. The normalized spacial score (nSPS) is 7.40. The van der Waals surface area contributed by atoms with Crippen LogP contribution in [0.4, 0.5) is 0 Å². The van der Waals surface area contributed by atoms with E-state index in [1.54, 1.807) is 0 Å². The summed E-state index contributed by atoms with van der Waals surface area (Å²) in [4.78, 5) is 31.2. The van der Waals surface area contributed by atoms with Crippen molar-refractivity contribution in [3.05, 3.63) is 0 Å². The van der Waals surface area contributed by atoms with E-state index in [-0.39, 0.29) is 42.0 Å². The topological polar surface area (TPSA) is 78.9 Å². The van der Waals surface area contributed by atoms with E-state index in [9.17, 15) is 14.4 Å². The summed E-state index contributed by atoms with van der Waals surface area (Å²) in [5.74, 6) is -2.15. The Balaban J connectivity index is -0.000000720. The molecule has 82 valence electrons. The molecular formula is C6H11BClNaO6. The number of halogens is 1. The van der Waals surface area contributed by atoms with E-state index in [4.69, 9.17) is 0 Å². The zero-order chi connectivity index (χ0) is 10.4. The van der Waals surface area contributed by atoms with E-state index >= 15 is 0 Å². The number of rotatable bonds is 3. The Hall–Kier alpha value is -0.235. The van der Waals surface area contributed by atoms with Crippen molar-refractivity contribution in [2.24, 2.45) is 0 Å². The van der Waals surface area contributed by atoms with Gasteiger partial charge in [0.05, 0.1) is 0 Å². The van der Waals surface area contributed by atoms with Gasteiger partial charge < -0.3 is 14.0 Å². The van der Waals surface area contributed by atoms with Gasteiger partial charge in [-0.25, -0.2) is 0 Å². The summed E-state index contributed by atoms with van der Waals surface area (Å²) >= 11 is 0.